The van der Waals surface area contributed by atoms with Gasteiger partial charge in [0.05, 0.1) is 0 Å². The van der Waals surface area contributed by atoms with Crippen LogP contribution >= 0.6 is 0 Å². The zero-order valence-corrected chi connectivity index (χ0v) is 12.0. The molecule has 2 aliphatic carbocycles. The van der Waals surface area contributed by atoms with E-state index in [0.29, 0.717) is 0 Å². The van der Waals surface area contributed by atoms with Crippen molar-refractivity contribution in [1.29, 1.82) is 0 Å². The summed E-state index contributed by atoms with van der Waals surface area (Å²) in [6.07, 6.45) is 9.55. The highest BCUT2D eigenvalue weighted by atomic mass is 16.6. The van der Waals surface area contributed by atoms with Crippen LogP contribution in [0.15, 0.2) is 0 Å². The fraction of sp³-hybridized carbons (Fsp3) is 0.875. The van der Waals surface area contributed by atoms with Crippen molar-refractivity contribution in [2.75, 3.05) is 0 Å². The molecule has 0 aromatic carbocycles. The van der Waals surface area contributed by atoms with Crippen LogP contribution in [-0.4, -0.2) is 24.1 Å². The Morgan fingerprint density at radius 2 is 0.950 bits per heavy atom. The van der Waals surface area contributed by atoms with E-state index >= 15 is 0 Å². The van der Waals surface area contributed by atoms with Crippen LogP contribution < -0.4 is 0 Å². The molecule has 112 valence electrons. The Balaban J connectivity index is 1.63. The maximum atomic E-state index is 12.2. The van der Waals surface area contributed by atoms with Crippen molar-refractivity contribution in [1.82, 2.24) is 0 Å². The van der Waals surface area contributed by atoms with Crippen LogP contribution in [0.3, 0.4) is 0 Å². The lowest BCUT2D eigenvalue weighted by atomic mass is 9.83. The number of cyclic esters (lactones) is 2. The molecule has 0 radical (unpaired) electrons. The summed E-state index contributed by atoms with van der Waals surface area (Å²) in [5, 5.41) is 0. The Bertz CT molecular complexity index is 331. The largest absolute Gasteiger partial charge is 0.447 e. The molecule has 1 aliphatic heterocycles. The van der Waals surface area contributed by atoms with E-state index in [1.807, 2.05) is 0 Å². The standard InChI is InChI=1S/C16H24O4/c17-15-13(11-7-3-1-4-8-11)19-16(18)14(20-15)12-9-5-2-6-10-12/h11-14H,1-10H2/t13-,14+. The lowest BCUT2D eigenvalue weighted by Gasteiger charge is -2.37. The molecule has 0 bridgehead atoms. The van der Waals surface area contributed by atoms with Crippen LogP contribution in [0.2, 0.25) is 0 Å². The summed E-state index contributed by atoms with van der Waals surface area (Å²) in [5.41, 5.74) is 0. The fourth-order valence-electron chi connectivity index (χ4n) is 3.93. The van der Waals surface area contributed by atoms with E-state index in [2.05, 4.69) is 0 Å². The van der Waals surface area contributed by atoms with Gasteiger partial charge in [0.2, 0.25) is 12.2 Å². The molecule has 2 saturated carbocycles. The number of esters is 2. The van der Waals surface area contributed by atoms with E-state index in [1.54, 1.807) is 0 Å². The quantitative estimate of drug-likeness (QED) is 0.730. The predicted octanol–water partition coefficient (Wildman–Crippen LogP) is 2.98. The first-order valence-corrected chi connectivity index (χ1v) is 8.16. The smallest absolute Gasteiger partial charge is 0.348 e. The number of ether oxygens (including phenoxy) is 2. The predicted molar refractivity (Wildman–Crippen MR) is 72.9 cm³/mol. The summed E-state index contributed by atoms with van der Waals surface area (Å²) in [6.45, 7) is 0. The van der Waals surface area contributed by atoms with Gasteiger partial charge in [-0.2, -0.15) is 0 Å². The molecule has 3 rings (SSSR count). The van der Waals surface area contributed by atoms with Gasteiger partial charge < -0.3 is 9.47 Å². The van der Waals surface area contributed by atoms with Crippen LogP contribution in [0.4, 0.5) is 0 Å². The van der Waals surface area contributed by atoms with Crippen molar-refractivity contribution in [3.05, 3.63) is 0 Å². The second kappa shape index (κ2) is 6.15. The van der Waals surface area contributed by atoms with E-state index in [0.717, 1.165) is 51.4 Å². The van der Waals surface area contributed by atoms with Gasteiger partial charge in [0, 0.05) is 11.8 Å². The molecule has 3 fully saturated rings. The minimum atomic E-state index is -0.636. The second-order valence-corrected chi connectivity index (χ2v) is 6.51. The monoisotopic (exact) mass is 280 g/mol. The maximum Gasteiger partial charge on any atom is 0.348 e. The highest BCUT2D eigenvalue weighted by Gasteiger charge is 2.45. The van der Waals surface area contributed by atoms with Gasteiger partial charge >= 0.3 is 11.9 Å². The molecule has 2 atom stereocenters. The molecule has 0 spiro atoms. The number of carbonyl (C=O) groups is 2. The summed E-state index contributed by atoms with van der Waals surface area (Å²) < 4.78 is 11.0. The molecule has 4 nitrogen and oxygen atoms in total. The van der Waals surface area contributed by atoms with E-state index in [4.69, 9.17) is 9.47 Å². The van der Waals surface area contributed by atoms with Gasteiger partial charge in [-0.15, -0.1) is 0 Å². The average molecular weight is 280 g/mol. The molecular formula is C16H24O4. The van der Waals surface area contributed by atoms with E-state index in [1.165, 1.54) is 12.8 Å². The number of carbonyl (C=O) groups excluding carboxylic acids is 2. The summed E-state index contributed by atoms with van der Waals surface area (Å²) in [4.78, 5) is 24.4. The highest BCUT2D eigenvalue weighted by Crippen LogP contribution is 2.34. The van der Waals surface area contributed by atoms with Gasteiger partial charge in [-0.3, -0.25) is 0 Å². The molecule has 0 unspecified atom stereocenters. The molecule has 0 aromatic heterocycles. The van der Waals surface area contributed by atoms with Crippen molar-refractivity contribution < 1.29 is 19.1 Å². The Labute approximate surface area is 120 Å². The van der Waals surface area contributed by atoms with Crippen molar-refractivity contribution in [2.45, 2.75) is 76.4 Å². The number of hydrogen-bond donors (Lipinski definition) is 0. The lowest BCUT2D eigenvalue weighted by Crippen LogP contribution is -2.50. The third-order valence-corrected chi connectivity index (χ3v) is 5.11. The SMILES string of the molecule is O=C1O[C@H](C2CCCCC2)C(=O)O[C@H]1C1CCCCC1. The van der Waals surface area contributed by atoms with Gasteiger partial charge in [0.25, 0.3) is 0 Å². The first-order chi connectivity index (χ1) is 9.75. The molecule has 20 heavy (non-hydrogen) atoms. The summed E-state index contributed by atoms with van der Waals surface area (Å²) in [6, 6.07) is 0. The Kier molecular flexibility index (Phi) is 4.27. The molecule has 3 aliphatic rings. The van der Waals surface area contributed by atoms with Gasteiger partial charge in [0.1, 0.15) is 0 Å². The minimum Gasteiger partial charge on any atom is -0.447 e. The Hall–Kier alpha value is -1.06. The summed E-state index contributed by atoms with van der Waals surface area (Å²) in [7, 11) is 0. The van der Waals surface area contributed by atoms with E-state index in [9.17, 15) is 9.59 Å². The molecule has 0 amide bonds. The van der Waals surface area contributed by atoms with Crippen LogP contribution in [0.1, 0.15) is 64.2 Å². The third kappa shape index (κ3) is 2.84. The molecule has 4 heteroatoms. The molecule has 0 N–H and O–H groups in total. The topological polar surface area (TPSA) is 52.6 Å². The Morgan fingerprint density at radius 3 is 1.30 bits per heavy atom. The van der Waals surface area contributed by atoms with Crippen molar-refractivity contribution >= 4 is 11.9 Å². The molecular weight excluding hydrogens is 256 g/mol. The second-order valence-electron chi connectivity index (χ2n) is 6.51. The molecule has 1 heterocycles. The molecule has 1 saturated heterocycles. The third-order valence-electron chi connectivity index (χ3n) is 5.11. The van der Waals surface area contributed by atoms with Gasteiger partial charge in [-0.1, -0.05) is 38.5 Å². The van der Waals surface area contributed by atoms with Gasteiger partial charge in [-0.05, 0) is 25.7 Å². The highest BCUT2D eigenvalue weighted by molar-refractivity contribution is 5.87. The van der Waals surface area contributed by atoms with Gasteiger partial charge in [0.15, 0.2) is 0 Å². The first kappa shape index (κ1) is 13.9. The zero-order chi connectivity index (χ0) is 13.9. The Morgan fingerprint density at radius 1 is 0.600 bits per heavy atom. The summed E-state index contributed by atoms with van der Waals surface area (Å²) >= 11 is 0. The van der Waals surface area contributed by atoms with Crippen molar-refractivity contribution in [2.24, 2.45) is 11.8 Å². The normalized spacial score (nSPS) is 33.6. The average Bonchev–Trinajstić information content (AvgIpc) is 2.51. The molecule has 0 aromatic rings. The fourth-order valence-corrected chi connectivity index (χ4v) is 3.93. The van der Waals surface area contributed by atoms with Crippen LogP contribution in [0.5, 0.6) is 0 Å². The maximum absolute atomic E-state index is 12.2. The van der Waals surface area contributed by atoms with Crippen molar-refractivity contribution in [3.8, 4) is 0 Å². The zero-order valence-electron chi connectivity index (χ0n) is 12.0. The van der Waals surface area contributed by atoms with Crippen LogP contribution in [0.25, 0.3) is 0 Å². The number of rotatable bonds is 2. The van der Waals surface area contributed by atoms with Crippen LogP contribution in [-0.2, 0) is 19.1 Å². The van der Waals surface area contributed by atoms with E-state index < -0.39 is 12.2 Å². The summed E-state index contributed by atoms with van der Waals surface area (Å²) in [5.74, 6) is -0.251. The minimum absolute atomic E-state index is 0.174. The number of hydrogen-bond acceptors (Lipinski definition) is 4. The van der Waals surface area contributed by atoms with Gasteiger partial charge in [-0.25, -0.2) is 9.59 Å². The lowest BCUT2D eigenvalue weighted by molar-refractivity contribution is -0.205. The van der Waals surface area contributed by atoms with Crippen LogP contribution in [0, 0.1) is 11.8 Å². The van der Waals surface area contributed by atoms with E-state index in [-0.39, 0.29) is 23.8 Å². The first-order valence-electron chi connectivity index (χ1n) is 8.16. The van der Waals surface area contributed by atoms with Crippen molar-refractivity contribution in [3.63, 3.8) is 0 Å².